The molecule has 2 amide bonds. The monoisotopic (exact) mass is 390 g/mol. The first-order valence-electron chi connectivity index (χ1n) is 8.00. The van der Waals surface area contributed by atoms with E-state index in [0.29, 0.717) is 12.5 Å². The molecular weight excluding hydrogens is 368 g/mol. The lowest BCUT2D eigenvalue weighted by atomic mass is 10.0. The molecule has 128 valence electrons. The molecule has 1 unspecified atom stereocenters. The van der Waals surface area contributed by atoms with E-state index in [1.807, 2.05) is 55.5 Å². The normalized spacial score (nSPS) is 11.9. The van der Waals surface area contributed by atoms with Crippen LogP contribution in [0.5, 0.6) is 5.75 Å². The Morgan fingerprint density at radius 3 is 2.42 bits per heavy atom. The van der Waals surface area contributed by atoms with Crippen LogP contribution in [0.15, 0.2) is 53.0 Å². The predicted octanol–water partition coefficient (Wildman–Crippen LogP) is 4.80. The van der Waals surface area contributed by atoms with Gasteiger partial charge in [0.05, 0.1) is 0 Å². The lowest BCUT2D eigenvalue weighted by Crippen LogP contribution is -2.43. The first kappa shape index (κ1) is 18.3. The zero-order valence-corrected chi connectivity index (χ0v) is 15.8. The second kappa shape index (κ2) is 8.73. The van der Waals surface area contributed by atoms with Crippen LogP contribution in [0.4, 0.5) is 4.79 Å². The molecule has 0 spiro atoms. The average molecular weight is 391 g/mol. The Morgan fingerprint density at radius 2 is 1.75 bits per heavy atom. The third-order valence-electron chi connectivity index (χ3n) is 3.55. The summed E-state index contributed by atoms with van der Waals surface area (Å²) in [6, 6.07) is 15.5. The molecule has 2 aromatic rings. The molecule has 2 rings (SSSR count). The number of para-hydroxylation sites is 1. The molecule has 0 aliphatic rings. The first-order chi connectivity index (χ1) is 11.5. The number of rotatable bonds is 6. The van der Waals surface area contributed by atoms with Crippen molar-refractivity contribution in [3.8, 4) is 5.75 Å². The van der Waals surface area contributed by atoms with Crippen molar-refractivity contribution in [2.24, 2.45) is 0 Å². The highest BCUT2D eigenvalue weighted by Crippen LogP contribution is 2.26. The minimum absolute atomic E-state index is 0.257. The van der Waals surface area contributed by atoms with E-state index in [4.69, 9.17) is 4.74 Å². The largest absolute Gasteiger partial charge is 0.471 e. The second-order valence-corrected chi connectivity index (χ2v) is 6.82. The summed E-state index contributed by atoms with van der Waals surface area (Å²) in [6.07, 6.45) is -0.421. The summed E-state index contributed by atoms with van der Waals surface area (Å²) in [5.74, 6) is 1.16. The average Bonchev–Trinajstić information content (AvgIpc) is 2.54. The Morgan fingerprint density at radius 1 is 1.08 bits per heavy atom. The molecule has 1 atom stereocenters. The standard InChI is InChI=1S/C19H23BrN2O2/c1-13(2)17-6-4-5-7-18(17)24-14(3)22-19(23)21-12-15-8-10-16(20)11-9-15/h4-11,13-14H,12H2,1-3H3,(H2,21,22,23). The summed E-state index contributed by atoms with van der Waals surface area (Å²) in [6.45, 7) is 6.52. The van der Waals surface area contributed by atoms with Crippen LogP contribution >= 0.6 is 15.9 Å². The van der Waals surface area contributed by atoms with Gasteiger partial charge in [0.15, 0.2) is 6.23 Å². The summed E-state index contributed by atoms with van der Waals surface area (Å²) in [7, 11) is 0. The Bertz CT molecular complexity index is 671. The highest BCUT2D eigenvalue weighted by atomic mass is 79.9. The Labute approximate surface area is 151 Å². The van der Waals surface area contributed by atoms with Crippen molar-refractivity contribution in [2.45, 2.75) is 39.5 Å². The molecule has 2 N–H and O–H groups in total. The van der Waals surface area contributed by atoms with Gasteiger partial charge in [-0.05, 0) is 42.2 Å². The summed E-state index contributed by atoms with van der Waals surface area (Å²) in [5.41, 5.74) is 2.16. The van der Waals surface area contributed by atoms with Crippen molar-refractivity contribution in [3.05, 3.63) is 64.1 Å². The fourth-order valence-electron chi connectivity index (χ4n) is 2.30. The molecule has 0 aromatic heterocycles. The number of halogens is 1. The van der Waals surface area contributed by atoms with Gasteiger partial charge in [-0.15, -0.1) is 0 Å². The van der Waals surface area contributed by atoms with Crippen molar-refractivity contribution >= 4 is 22.0 Å². The molecule has 0 radical (unpaired) electrons. The molecule has 0 heterocycles. The van der Waals surface area contributed by atoms with E-state index in [0.717, 1.165) is 21.3 Å². The summed E-state index contributed by atoms with van der Waals surface area (Å²) >= 11 is 3.39. The number of nitrogens with one attached hydrogen (secondary N) is 2. The minimum Gasteiger partial charge on any atom is -0.471 e. The van der Waals surface area contributed by atoms with Crippen LogP contribution in [-0.2, 0) is 6.54 Å². The summed E-state index contributed by atoms with van der Waals surface area (Å²) in [5, 5.41) is 5.62. The van der Waals surface area contributed by atoms with Crippen molar-refractivity contribution in [3.63, 3.8) is 0 Å². The molecule has 5 heteroatoms. The van der Waals surface area contributed by atoms with Crippen molar-refractivity contribution in [1.29, 1.82) is 0 Å². The quantitative estimate of drug-likeness (QED) is 0.696. The second-order valence-electron chi connectivity index (χ2n) is 5.91. The molecule has 2 aromatic carbocycles. The van der Waals surface area contributed by atoms with E-state index in [1.54, 1.807) is 0 Å². The van der Waals surface area contributed by atoms with Crippen molar-refractivity contribution in [1.82, 2.24) is 10.6 Å². The van der Waals surface area contributed by atoms with Gasteiger partial charge in [0, 0.05) is 11.0 Å². The fraction of sp³-hybridized carbons (Fsp3) is 0.316. The first-order valence-corrected chi connectivity index (χ1v) is 8.79. The SMILES string of the molecule is CC(NC(=O)NCc1ccc(Br)cc1)Oc1ccccc1C(C)C. The zero-order chi connectivity index (χ0) is 17.5. The van der Waals surface area contributed by atoms with Gasteiger partial charge in [0.2, 0.25) is 0 Å². The van der Waals surface area contributed by atoms with Crippen LogP contribution in [0.1, 0.15) is 37.8 Å². The maximum atomic E-state index is 12.0. The van der Waals surface area contributed by atoms with Crippen LogP contribution in [0.2, 0.25) is 0 Å². The van der Waals surface area contributed by atoms with Gasteiger partial charge in [-0.1, -0.05) is 60.1 Å². The topological polar surface area (TPSA) is 50.4 Å². The van der Waals surface area contributed by atoms with Crippen LogP contribution in [0.25, 0.3) is 0 Å². The van der Waals surface area contributed by atoms with Gasteiger partial charge in [-0.25, -0.2) is 4.79 Å². The molecule has 0 aliphatic heterocycles. The number of carbonyl (C=O) groups excluding carboxylic acids is 1. The van der Waals surface area contributed by atoms with Crippen molar-refractivity contribution in [2.75, 3.05) is 0 Å². The number of benzene rings is 2. The molecule has 24 heavy (non-hydrogen) atoms. The number of carbonyl (C=O) groups is 1. The summed E-state index contributed by atoms with van der Waals surface area (Å²) in [4.78, 5) is 12.0. The number of urea groups is 1. The van der Waals surface area contributed by atoms with Crippen molar-refractivity contribution < 1.29 is 9.53 Å². The molecule has 0 bridgehead atoms. The Hall–Kier alpha value is -2.01. The lowest BCUT2D eigenvalue weighted by Gasteiger charge is -2.20. The number of amides is 2. The molecule has 4 nitrogen and oxygen atoms in total. The van der Waals surface area contributed by atoms with Gasteiger partial charge in [0.1, 0.15) is 5.75 Å². The highest BCUT2D eigenvalue weighted by molar-refractivity contribution is 9.10. The predicted molar refractivity (Wildman–Crippen MR) is 100 cm³/mol. The maximum Gasteiger partial charge on any atom is 0.317 e. The third-order valence-corrected chi connectivity index (χ3v) is 4.07. The van der Waals surface area contributed by atoms with Gasteiger partial charge >= 0.3 is 6.03 Å². The molecule has 0 saturated heterocycles. The number of hydrogen-bond acceptors (Lipinski definition) is 2. The van der Waals surface area contributed by atoms with Gasteiger partial charge in [-0.3, -0.25) is 0 Å². The van der Waals surface area contributed by atoms with Crippen LogP contribution in [-0.4, -0.2) is 12.3 Å². The van der Waals surface area contributed by atoms with Gasteiger partial charge in [-0.2, -0.15) is 0 Å². The van der Waals surface area contributed by atoms with Crippen LogP contribution < -0.4 is 15.4 Å². The molecule has 0 aliphatic carbocycles. The van der Waals surface area contributed by atoms with E-state index in [-0.39, 0.29) is 6.03 Å². The molecule has 0 fully saturated rings. The van der Waals surface area contributed by atoms with Gasteiger partial charge < -0.3 is 15.4 Å². The zero-order valence-electron chi connectivity index (χ0n) is 14.2. The van der Waals surface area contributed by atoms with Crippen LogP contribution in [0.3, 0.4) is 0 Å². The van der Waals surface area contributed by atoms with E-state index >= 15 is 0 Å². The molecular formula is C19H23BrN2O2. The van der Waals surface area contributed by atoms with E-state index in [1.165, 1.54) is 0 Å². The highest BCUT2D eigenvalue weighted by Gasteiger charge is 2.12. The smallest absolute Gasteiger partial charge is 0.317 e. The number of hydrogen-bond donors (Lipinski definition) is 2. The lowest BCUT2D eigenvalue weighted by molar-refractivity contribution is 0.175. The Balaban J connectivity index is 1.84. The van der Waals surface area contributed by atoms with Crippen LogP contribution in [0, 0.1) is 0 Å². The van der Waals surface area contributed by atoms with E-state index in [9.17, 15) is 4.79 Å². The third kappa shape index (κ3) is 5.57. The molecule has 0 saturated carbocycles. The number of ether oxygens (including phenoxy) is 1. The maximum absolute atomic E-state index is 12.0. The van der Waals surface area contributed by atoms with Gasteiger partial charge in [0.25, 0.3) is 0 Å². The Kier molecular flexibility index (Phi) is 6.67. The fourth-order valence-corrected chi connectivity index (χ4v) is 2.57. The van der Waals surface area contributed by atoms with E-state index < -0.39 is 6.23 Å². The van der Waals surface area contributed by atoms with E-state index in [2.05, 4.69) is 40.4 Å². The minimum atomic E-state index is -0.421. The summed E-state index contributed by atoms with van der Waals surface area (Å²) < 4.78 is 6.88.